The van der Waals surface area contributed by atoms with E-state index in [-0.39, 0.29) is 31.6 Å². The number of likely N-dealkylation sites (tertiary alicyclic amines) is 1. The van der Waals surface area contributed by atoms with Crippen molar-refractivity contribution in [3.8, 4) is 5.75 Å². The first-order valence-electron chi connectivity index (χ1n) is 15.3. The van der Waals surface area contributed by atoms with Gasteiger partial charge in [-0.3, -0.25) is 14.4 Å². The van der Waals surface area contributed by atoms with Crippen molar-refractivity contribution in [1.82, 2.24) is 24.8 Å². The number of benzene rings is 2. The Morgan fingerprint density at radius 1 is 1.00 bits per heavy atom. The largest absolute Gasteiger partial charge is 0.494 e. The number of aliphatic hydroxyl groups excluding tert-OH is 1. The minimum atomic E-state index is -1.43. The molecule has 4 aliphatic heterocycles. The quantitative estimate of drug-likeness (QED) is 0.402. The number of nitrogens with zero attached hydrogens (tertiary/aromatic N) is 6. The molecule has 7 rings (SSSR count). The Bertz CT molecular complexity index is 1720. The predicted octanol–water partition coefficient (Wildman–Crippen LogP) is 2.14. The Labute approximate surface area is 260 Å². The number of ether oxygens (including phenoxy) is 2. The first-order valence-corrected chi connectivity index (χ1v) is 15.3. The molecule has 2 aromatic carbocycles. The summed E-state index contributed by atoms with van der Waals surface area (Å²) in [5, 5.41) is 18.7. The van der Waals surface area contributed by atoms with Crippen molar-refractivity contribution in [3.63, 3.8) is 0 Å². The molecule has 12 heteroatoms. The molecule has 5 heterocycles. The Hall–Kier alpha value is -4.55. The highest BCUT2D eigenvalue weighted by Gasteiger charge is 2.75. The Balaban J connectivity index is 1.28. The summed E-state index contributed by atoms with van der Waals surface area (Å²) in [4.78, 5) is 48.3. The molecule has 12 nitrogen and oxygen atoms in total. The Kier molecular flexibility index (Phi) is 7.01. The number of hydrogen-bond acceptors (Lipinski definition) is 8. The van der Waals surface area contributed by atoms with E-state index in [0.29, 0.717) is 30.1 Å². The topological polar surface area (TPSA) is 130 Å². The first kappa shape index (κ1) is 29.2. The fraction of sp³-hybridized carbons (Fsp3) is 0.424. The van der Waals surface area contributed by atoms with E-state index in [1.807, 2.05) is 80.6 Å². The van der Waals surface area contributed by atoms with Gasteiger partial charge in [0.25, 0.3) is 5.91 Å². The van der Waals surface area contributed by atoms with Gasteiger partial charge < -0.3 is 29.3 Å². The van der Waals surface area contributed by atoms with Crippen LogP contribution < -0.4 is 9.64 Å². The predicted molar refractivity (Wildman–Crippen MR) is 164 cm³/mol. The smallest absolute Gasteiger partial charge is 0.250 e. The maximum absolute atomic E-state index is 14.6. The molecule has 2 fully saturated rings. The van der Waals surface area contributed by atoms with Gasteiger partial charge in [0.1, 0.15) is 29.6 Å². The lowest BCUT2D eigenvalue weighted by atomic mass is 9.74. The number of aliphatic hydroxyl groups is 1. The number of fused-ring (bicyclic) bond motifs is 3. The van der Waals surface area contributed by atoms with Crippen LogP contribution in [0.5, 0.6) is 5.75 Å². The van der Waals surface area contributed by atoms with Crippen molar-refractivity contribution in [3.05, 3.63) is 72.8 Å². The molecular formula is C33H36N6O6. The van der Waals surface area contributed by atoms with Crippen molar-refractivity contribution in [1.29, 1.82) is 0 Å². The number of carbonyl (C=O) groups excluding carboxylic acids is 3. The number of anilines is 1. The fourth-order valence-electron chi connectivity index (χ4n) is 7.50. The van der Waals surface area contributed by atoms with Crippen molar-refractivity contribution in [2.24, 2.45) is 11.8 Å². The summed E-state index contributed by atoms with van der Waals surface area (Å²) < 4.78 is 14.1. The molecule has 0 saturated carbocycles. The highest BCUT2D eigenvalue weighted by Crippen LogP contribution is 2.58. The highest BCUT2D eigenvalue weighted by molar-refractivity contribution is 6.04. The van der Waals surface area contributed by atoms with Crippen molar-refractivity contribution in [2.75, 3.05) is 31.2 Å². The zero-order chi connectivity index (χ0) is 31.5. The summed E-state index contributed by atoms with van der Waals surface area (Å²) in [6.07, 6.45) is 7.36. The van der Waals surface area contributed by atoms with E-state index in [1.165, 1.54) is 4.90 Å². The van der Waals surface area contributed by atoms with Crippen molar-refractivity contribution < 1.29 is 29.0 Å². The molecule has 0 radical (unpaired) electrons. The molecule has 3 amide bonds. The molecular weight excluding hydrogens is 576 g/mol. The van der Waals surface area contributed by atoms with Crippen LogP contribution in [0.1, 0.15) is 20.8 Å². The van der Waals surface area contributed by atoms with Crippen LogP contribution in [0.25, 0.3) is 11.0 Å². The molecule has 1 unspecified atom stereocenters. The lowest BCUT2D eigenvalue weighted by Crippen LogP contribution is -2.58. The molecule has 2 saturated heterocycles. The third-order valence-electron chi connectivity index (χ3n) is 9.50. The molecule has 6 atom stereocenters. The first-order chi connectivity index (χ1) is 21.7. The molecule has 1 aromatic heterocycles. The van der Waals surface area contributed by atoms with E-state index in [2.05, 4.69) is 10.3 Å². The molecule has 3 aromatic rings. The Morgan fingerprint density at radius 3 is 2.51 bits per heavy atom. The van der Waals surface area contributed by atoms with Crippen LogP contribution in [0.4, 0.5) is 5.69 Å². The summed E-state index contributed by atoms with van der Waals surface area (Å²) in [7, 11) is 0. The number of hydrogen-bond donors (Lipinski definition) is 1. The van der Waals surface area contributed by atoms with Gasteiger partial charge in [-0.25, -0.2) is 4.68 Å². The Morgan fingerprint density at radius 2 is 1.76 bits per heavy atom. The van der Waals surface area contributed by atoms with E-state index in [1.54, 1.807) is 27.5 Å². The third kappa shape index (κ3) is 4.38. The summed E-state index contributed by atoms with van der Waals surface area (Å²) in [5.41, 5.74) is -0.455. The number of rotatable bonds is 7. The van der Waals surface area contributed by atoms with E-state index < -0.39 is 41.0 Å². The molecule has 4 aliphatic rings. The normalized spacial score (nSPS) is 29.9. The maximum atomic E-state index is 14.6. The third-order valence-corrected chi connectivity index (χ3v) is 9.50. The number of amides is 3. The van der Waals surface area contributed by atoms with Crippen molar-refractivity contribution in [2.45, 2.75) is 50.7 Å². The molecule has 0 aliphatic carbocycles. The molecule has 1 spiro atoms. The van der Waals surface area contributed by atoms with E-state index in [4.69, 9.17) is 9.47 Å². The lowest BCUT2D eigenvalue weighted by molar-refractivity contribution is -0.154. The van der Waals surface area contributed by atoms with Gasteiger partial charge in [-0.1, -0.05) is 41.7 Å². The van der Waals surface area contributed by atoms with Gasteiger partial charge in [0, 0.05) is 18.8 Å². The summed E-state index contributed by atoms with van der Waals surface area (Å²) >= 11 is 0. The average Bonchev–Trinajstić information content (AvgIpc) is 3.57. The van der Waals surface area contributed by atoms with E-state index >= 15 is 0 Å². The molecule has 45 heavy (non-hydrogen) atoms. The van der Waals surface area contributed by atoms with Crippen LogP contribution in [0.3, 0.4) is 0 Å². The van der Waals surface area contributed by atoms with Gasteiger partial charge >= 0.3 is 0 Å². The van der Waals surface area contributed by atoms with Crippen LogP contribution in [0.15, 0.2) is 72.8 Å². The number of carbonyl (C=O) groups is 3. The van der Waals surface area contributed by atoms with Gasteiger partial charge in [0.15, 0.2) is 0 Å². The molecule has 234 valence electrons. The minimum Gasteiger partial charge on any atom is -0.494 e. The van der Waals surface area contributed by atoms with Gasteiger partial charge in [-0.2, -0.15) is 0 Å². The minimum absolute atomic E-state index is 0.0987. The average molecular weight is 613 g/mol. The van der Waals surface area contributed by atoms with Crippen LogP contribution in [0, 0.1) is 11.8 Å². The lowest BCUT2D eigenvalue weighted by Gasteiger charge is -2.39. The molecule has 0 bridgehead atoms. The second-order valence-corrected chi connectivity index (χ2v) is 12.2. The second-order valence-electron chi connectivity index (χ2n) is 12.2. The summed E-state index contributed by atoms with van der Waals surface area (Å²) in [5.74, 6) is -2.23. The van der Waals surface area contributed by atoms with Crippen LogP contribution >= 0.6 is 0 Å². The number of para-hydroxylation sites is 1. The van der Waals surface area contributed by atoms with Gasteiger partial charge in [-0.05, 0) is 57.2 Å². The van der Waals surface area contributed by atoms with Crippen LogP contribution in [0.2, 0.25) is 0 Å². The fourth-order valence-corrected chi connectivity index (χ4v) is 7.50. The van der Waals surface area contributed by atoms with E-state index in [0.717, 1.165) is 5.52 Å². The van der Waals surface area contributed by atoms with Crippen molar-refractivity contribution >= 4 is 34.4 Å². The molecule has 1 N–H and O–H groups in total. The summed E-state index contributed by atoms with van der Waals surface area (Å²) in [6, 6.07) is 13.0. The summed E-state index contributed by atoms with van der Waals surface area (Å²) in [6.45, 7) is 6.22. The van der Waals surface area contributed by atoms with E-state index in [9.17, 15) is 19.5 Å². The monoisotopic (exact) mass is 612 g/mol. The van der Waals surface area contributed by atoms with Gasteiger partial charge in [-0.15, -0.1) is 5.10 Å². The van der Waals surface area contributed by atoms with Crippen LogP contribution in [-0.4, -0.2) is 97.2 Å². The van der Waals surface area contributed by atoms with Gasteiger partial charge in [0.05, 0.1) is 42.2 Å². The standard InChI is InChI=1S/C33H36N6O6/c1-4-44-23-13-11-22(12-14-23)37-18-7-15-32(3)26(29(37)41)27-30(42)39(21(2)19-40)28-31(43)36(17-8-16-33(27,28)45-32)20-38-25-10-6-5-9-24(25)34-35-38/h5-16,21,26-28,40H,4,17-20H2,1-3H3/t21-,26-,27+,28?,32+,33+/m1/s1. The van der Waals surface area contributed by atoms with Crippen LogP contribution in [-0.2, 0) is 25.8 Å². The maximum Gasteiger partial charge on any atom is 0.250 e. The highest BCUT2D eigenvalue weighted by atomic mass is 16.5. The zero-order valence-electron chi connectivity index (χ0n) is 25.4. The SMILES string of the molecule is CCOc1ccc(N2CC=C[C@]3(C)O[C@]45C=CCN(Cn6nnc7ccccc76)C(=O)C4N([C@H](C)CO)C(=O)[C@@H]5[C@@H]3C2=O)cc1. The zero-order valence-corrected chi connectivity index (χ0v) is 25.4. The second kappa shape index (κ2) is 10.8. The van der Waals surface area contributed by atoms with Gasteiger partial charge in [0.2, 0.25) is 11.8 Å². The number of aromatic nitrogens is 3.